The largest absolute Gasteiger partial charge is 0.268 e. The van der Waals surface area contributed by atoms with Gasteiger partial charge in [-0.2, -0.15) is 5.10 Å². The van der Waals surface area contributed by atoms with Crippen LogP contribution in [-0.4, -0.2) is 29.7 Å². The summed E-state index contributed by atoms with van der Waals surface area (Å²) in [6.45, 7) is 17.5. The molecule has 0 aliphatic carbocycles. The van der Waals surface area contributed by atoms with Crippen molar-refractivity contribution >= 4 is 21.8 Å². The van der Waals surface area contributed by atoms with Gasteiger partial charge in [0.15, 0.2) is 0 Å². The van der Waals surface area contributed by atoms with Crippen molar-refractivity contribution in [3.05, 3.63) is 175 Å². The molecule has 0 bridgehead atoms. The lowest BCUT2D eigenvalue weighted by Crippen LogP contribution is -1.91. The average Bonchev–Trinajstić information content (AvgIpc) is 3.61. The van der Waals surface area contributed by atoms with Crippen molar-refractivity contribution in [1.29, 1.82) is 0 Å². The molecule has 0 N–H and O–H groups in total. The van der Waals surface area contributed by atoms with Gasteiger partial charge in [0.2, 0.25) is 0 Å². The van der Waals surface area contributed by atoms with Crippen molar-refractivity contribution < 1.29 is 0 Å². The summed E-state index contributed by atoms with van der Waals surface area (Å²) in [5, 5.41) is 6.53. The number of aryl methyl sites for hydroxylation is 1. The van der Waals surface area contributed by atoms with Crippen molar-refractivity contribution in [2.75, 3.05) is 0 Å². The maximum atomic E-state index is 4.39. The van der Waals surface area contributed by atoms with Gasteiger partial charge in [-0.15, -0.1) is 0 Å². The number of rotatable bonds is 6. The zero-order valence-electron chi connectivity index (χ0n) is 34.4. The highest BCUT2D eigenvalue weighted by Crippen LogP contribution is 2.24. The molecule has 302 valence electrons. The van der Waals surface area contributed by atoms with Gasteiger partial charge in [-0.25, -0.2) is 9.97 Å². The van der Waals surface area contributed by atoms with E-state index < -0.39 is 0 Å². The van der Waals surface area contributed by atoms with Crippen molar-refractivity contribution in [2.24, 2.45) is 7.05 Å². The van der Waals surface area contributed by atoms with E-state index in [9.17, 15) is 0 Å². The van der Waals surface area contributed by atoms with Gasteiger partial charge < -0.3 is 0 Å². The molecule has 6 heteroatoms. The third-order valence-electron chi connectivity index (χ3n) is 9.69. The normalized spacial score (nSPS) is 10.5. The smallest absolute Gasteiger partial charge is 0.116 e. The molecule has 0 amide bonds. The molecule has 4 heterocycles. The summed E-state index contributed by atoms with van der Waals surface area (Å²) in [6, 6.07) is 40.0. The third-order valence-corrected chi connectivity index (χ3v) is 9.69. The Balaban J connectivity index is 0.000000205. The second-order valence-corrected chi connectivity index (χ2v) is 15.3. The summed E-state index contributed by atoms with van der Waals surface area (Å²) in [7, 11) is 1.98. The molecule has 0 spiro atoms. The first kappa shape index (κ1) is 46.4. The summed E-state index contributed by atoms with van der Waals surface area (Å²) < 4.78 is 1.92. The van der Waals surface area contributed by atoms with Crippen LogP contribution in [0.2, 0.25) is 0 Å². The van der Waals surface area contributed by atoms with Gasteiger partial charge in [-0.1, -0.05) is 155 Å². The minimum atomic E-state index is 0. The van der Waals surface area contributed by atoms with Crippen LogP contribution in [0.25, 0.3) is 44.2 Å². The first-order valence-corrected chi connectivity index (χ1v) is 19.6. The van der Waals surface area contributed by atoms with Crippen LogP contribution >= 0.6 is 0 Å². The number of hydrogen-bond acceptors (Lipinski definition) is 5. The Morgan fingerprint density at radius 2 is 1.02 bits per heavy atom. The van der Waals surface area contributed by atoms with E-state index >= 15 is 0 Å². The first-order valence-electron chi connectivity index (χ1n) is 19.6. The summed E-state index contributed by atoms with van der Waals surface area (Å²) in [4.78, 5) is 16.9. The van der Waals surface area contributed by atoms with Crippen LogP contribution in [0.15, 0.2) is 153 Å². The van der Waals surface area contributed by atoms with Crippen molar-refractivity contribution in [2.45, 2.75) is 93.9 Å². The van der Waals surface area contributed by atoms with Gasteiger partial charge in [-0.3, -0.25) is 14.6 Å². The van der Waals surface area contributed by atoms with E-state index in [0.717, 1.165) is 16.6 Å². The van der Waals surface area contributed by atoms with Crippen LogP contribution < -0.4 is 0 Å². The van der Waals surface area contributed by atoms with Crippen LogP contribution in [0, 0.1) is 0 Å². The highest BCUT2D eigenvalue weighted by Gasteiger charge is 2.05. The zero-order valence-corrected chi connectivity index (χ0v) is 34.4. The molecule has 0 saturated carbocycles. The Kier molecular flexibility index (Phi) is 18.1. The topological polar surface area (TPSA) is 69.4 Å². The molecule has 0 radical (unpaired) electrons. The van der Waals surface area contributed by atoms with E-state index in [4.69, 9.17) is 0 Å². The molecule has 58 heavy (non-hydrogen) atoms. The van der Waals surface area contributed by atoms with E-state index in [1.54, 1.807) is 6.33 Å². The lowest BCUT2D eigenvalue weighted by molar-refractivity contribution is 0.794. The summed E-state index contributed by atoms with van der Waals surface area (Å²) in [5.74, 6) is 2.22. The molecule has 0 saturated heterocycles. The van der Waals surface area contributed by atoms with Crippen LogP contribution in [0.1, 0.15) is 116 Å². The van der Waals surface area contributed by atoms with Gasteiger partial charge >= 0.3 is 0 Å². The second kappa shape index (κ2) is 22.7. The molecule has 8 rings (SSSR count). The standard InChI is InChI=1S/2C14H15N.C11H14N2.C11H12N2.2CH4/c1-11(2)13-8-14(10-15-9-13)12-6-4-3-5-7-12;1-11(2)13-8-9-15-14(10-13)12-6-4-3-5-7-12;1-8(2)9-4-5-10-7-12-13(3)11(10)6-9;1-8(2)9-3-4-10-6-12-7-13-11(10)5-9;;/h2*3-11H,1-2H3;4-8H,1-3H3;3-8H,1-2H3;2*1H4. The summed E-state index contributed by atoms with van der Waals surface area (Å²) in [5.41, 5.74) is 12.2. The molecule has 0 fully saturated rings. The average molecular weight is 773 g/mol. The number of benzene rings is 4. The number of aromatic nitrogens is 6. The third kappa shape index (κ3) is 13.0. The van der Waals surface area contributed by atoms with Crippen molar-refractivity contribution in [3.63, 3.8) is 0 Å². The molecular weight excluding hydrogens is 709 g/mol. The van der Waals surface area contributed by atoms with E-state index in [1.165, 1.54) is 49.8 Å². The fourth-order valence-corrected chi connectivity index (χ4v) is 6.00. The Hall–Kier alpha value is -6.01. The monoisotopic (exact) mass is 773 g/mol. The van der Waals surface area contributed by atoms with Gasteiger partial charge in [0.25, 0.3) is 0 Å². The van der Waals surface area contributed by atoms with E-state index in [2.05, 4.69) is 171 Å². The van der Waals surface area contributed by atoms with Gasteiger partial charge in [0.1, 0.15) is 6.33 Å². The number of nitrogens with zero attached hydrogens (tertiary/aromatic N) is 6. The first-order chi connectivity index (χ1) is 27.0. The Bertz CT molecular complexity index is 2310. The molecule has 6 nitrogen and oxygen atoms in total. The molecule has 0 unspecified atom stereocenters. The van der Waals surface area contributed by atoms with Crippen LogP contribution in [-0.2, 0) is 7.05 Å². The molecule has 4 aromatic heterocycles. The summed E-state index contributed by atoms with van der Waals surface area (Å²) >= 11 is 0. The Labute approximate surface area is 348 Å². The molecule has 4 aromatic carbocycles. The maximum Gasteiger partial charge on any atom is 0.116 e. The number of hydrogen-bond donors (Lipinski definition) is 0. The van der Waals surface area contributed by atoms with Crippen molar-refractivity contribution in [3.8, 4) is 22.4 Å². The molecule has 0 aliphatic heterocycles. The van der Waals surface area contributed by atoms with Crippen LogP contribution in [0.4, 0.5) is 0 Å². The second-order valence-electron chi connectivity index (χ2n) is 15.3. The fraction of sp³-hybridized carbons (Fsp3) is 0.288. The minimum absolute atomic E-state index is 0. The predicted octanol–water partition coefficient (Wildman–Crippen LogP) is 14.5. The van der Waals surface area contributed by atoms with Gasteiger partial charge in [-0.05, 0) is 81.8 Å². The lowest BCUT2D eigenvalue weighted by Gasteiger charge is -2.07. The summed E-state index contributed by atoms with van der Waals surface area (Å²) in [6.07, 6.45) is 11.1. The van der Waals surface area contributed by atoms with Gasteiger partial charge in [0.05, 0.1) is 22.9 Å². The fourth-order valence-electron chi connectivity index (χ4n) is 6.00. The van der Waals surface area contributed by atoms with E-state index in [1.807, 2.05) is 67.0 Å². The highest BCUT2D eigenvalue weighted by atomic mass is 15.2. The Morgan fingerprint density at radius 3 is 1.64 bits per heavy atom. The number of fused-ring (bicyclic) bond motifs is 2. The molecular formula is C52H64N6. The van der Waals surface area contributed by atoms with Crippen LogP contribution in [0.5, 0.6) is 0 Å². The molecule has 0 aliphatic rings. The minimum Gasteiger partial charge on any atom is -0.268 e. The highest BCUT2D eigenvalue weighted by molar-refractivity contribution is 5.79. The van der Waals surface area contributed by atoms with Crippen LogP contribution in [0.3, 0.4) is 0 Å². The lowest BCUT2D eigenvalue weighted by atomic mass is 10.0. The molecule has 8 aromatic rings. The number of pyridine rings is 2. The van der Waals surface area contributed by atoms with E-state index in [-0.39, 0.29) is 14.9 Å². The molecule has 0 atom stereocenters. The van der Waals surface area contributed by atoms with Crippen molar-refractivity contribution in [1.82, 2.24) is 29.7 Å². The Morgan fingerprint density at radius 1 is 0.448 bits per heavy atom. The SMILES string of the molecule is C.C.CC(C)c1ccc2cncnc2c1.CC(C)c1ccc2cnn(C)c2c1.CC(C)c1ccnc(-c2ccccc2)c1.CC(C)c1cncc(-c2ccccc2)c1. The zero-order chi connectivity index (χ0) is 40.0. The van der Waals surface area contributed by atoms with E-state index in [0.29, 0.717) is 23.7 Å². The predicted molar refractivity (Wildman–Crippen MR) is 249 cm³/mol. The quantitative estimate of drug-likeness (QED) is 0.168. The van der Waals surface area contributed by atoms with Gasteiger partial charge in [0, 0.05) is 53.7 Å². The maximum absolute atomic E-state index is 4.39.